The molecule has 2 aromatic rings. The Kier molecular flexibility index (Phi) is 5.32. The Morgan fingerprint density at radius 1 is 0.800 bits per heavy atom. The minimum Gasteiger partial charge on any atom is -0.315 e. The number of nitrogens with one attached hydrogen (secondary N) is 1. The number of benzene rings is 2. The summed E-state index contributed by atoms with van der Waals surface area (Å²) in [7, 11) is -3.17. The van der Waals surface area contributed by atoms with Crippen LogP contribution < -0.4 is 5.32 Å². The molecule has 0 atom stereocenters. The van der Waals surface area contributed by atoms with Crippen molar-refractivity contribution in [3.63, 3.8) is 0 Å². The van der Waals surface area contributed by atoms with Crippen molar-refractivity contribution in [2.75, 3.05) is 18.8 Å². The summed E-state index contributed by atoms with van der Waals surface area (Å²) in [6.45, 7) is 1.26. The van der Waals surface area contributed by atoms with E-state index in [0.717, 1.165) is 13.0 Å². The fraction of sp³-hybridized carbons (Fsp3) is 0.250. The van der Waals surface area contributed by atoms with Gasteiger partial charge in [0.2, 0.25) is 0 Å². The van der Waals surface area contributed by atoms with Crippen molar-refractivity contribution in [3.8, 4) is 0 Å². The summed E-state index contributed by atoms with van der Waals surface area (Å²) in [5.41, 5.74) is 1.26. The average molecular weight is 289 g/mol. The highest BCUT2D eigenvalue weighted by Gasteiger charge is 2.12. The second-order valence-electron chi connectivity index (χ2n) is 4.62. The standard InChI is InChI=1S/C16H19NO2S/c18-20(19,16-9-5-2-6-10-16)14-13-17-12-11-15-7-3-1-4-8-15/h1-10,17H,11-14H2. The summed E-state index contributed by atoms with van der Waals surface area (Å²) in [5, 5.41) is 3.18. The number of sulfone groups is 1. The van der Waals surface area contributed by atoms with Gasteiger partial charge in [-0.3, -0.25) is 0 Å². The van der Waals surface area contributed by atoms with Gasteiger partial charge in [0, 0.05) is 6.54 Å². The molecule has 1 N–H and O–H groups in total. The fourth-order valence-electron chi connectivity index (χ4n) is 1.95. The second kappa shape index (κ2) is 7.22. The lowest BCUT2D eigenvalue weighted by Gasteiger charge is -2.06. The van der Waals surface area contributed by atoms with Crippen molar-refractivity contribution in [1.29, 1.82) is 0 Å². The maximum absolute atomic E-state index is 12.0. The molecular weight excluding hydrogens is 270 g/mol. The first-order valence-electron chi connectivity index (χ1n) is 6.71. The normalized spacial score (nSPS) is 11.4. The number of rotatable bonds is 7. The van der Waals surface area contributed by atoms with Crippen molar-refractivity contribution in [2.45, 2.75) is 11.3 Å². The molecular formula is C16H19NO2S. The molecule has 3 nitrogen and oxygen atoms in total. The maximum Gasteiger partial charge on any atom is 0.179 e. The van der Waals surface area contributed by atoms with E-state index < -0.39 is 9.84 Å². The summed E-state index contributed by atoms with van der Waals surface area (Å²) >= 11 is 0. The summed E-state index contributed by atoms with van der Waals surface area (Å²) in [6, 6.07) is 18.7. The molecule has 0 amide bonds. The summed E-state index contributed by atoms with van der Waals surface area (Å²) in [4.78, 5) is 0.393. The van der Waals surface area contributed by atoms with Gasteiger partial charge in [-0.1, -0.05) is 48.5 Å². The van der Waals surface area contributed by atoms with Gasteiger partial charge in [-0.05, 0) is 30.7 Å². The molecule has 0 aromatic heterocycles. The minimum absolute atomic E-state index is 0.131. The molecule has 0 bridgehead atoms. The molecule has 2 rings (SSSR count). The molecule has 2 aromatic carbocycles. The third-order valence-corrected chi connectivity index (χ3v) is 4.82. The molecule has 0 saturated carbocycles. The van der Waals surface area contributed by atoms with Crippen LogP contribution in [0.4, 0.5) is 0 Å². The zero-order valence-electron chi connectivity index (χ0n) is 11.3. The fourth-order valence-corrected chi connectivity index (χ4v) is 3.18. The van der Waals surface area contributed by atoms with Crippen molar-refractivity contribution >= 4 is 9.84 Å². The molecule has 0 aliphatic heterocycles. The topological polar surface area (TPSA) is 46.2 Å². The summed E-state index contributed by atoms with van der Waals surface area (Å²) < 4.78 is 24.1. The van der Waals surface area contributed by atoms with Crippen molar-refractivity contribution in [2.24, 2.45) is 0 Å². The lowest BCUT2D eigenvalue weighted by molar-refractivity contribution is 0.591. The Bertz CT molecular complexity index is 609. The Labute approximate surface area is 120 Å². The van der Waals surface area contributed by atoms with Gasteiger partial charge in [-0.15, -0.1) is 0 Å². The van der Waals surface area contributed by atoms with Gasteiger partial charge in [0.15, 0.2) is 9.84 Å². The zero-order valence-corrected chi connectivity index (χ0v) is 12.1. The summed E-state index contributed by atoms with van der Waals surface area (Å²) in [5.74, 6) is 0.131. The van der Waals surface area contributed by atoms with E-state index in [9.17, 15) is 8.42 Å². The van der Waals surface area contributed by atoms with Gasteiger partial charge >= 0.3 is 0 Å². The Hall–Kier alpha value is -1.65. The minimum atomic E-state index is -3.17. The predicted octanol–water partition coefficient (Wildman–Crippen LogP) is 2.29. The third kappa shape index (κ3) is 4.47. The van der Waals surface area contributed by atoms with Crippen LogP contribution in [0.5, 0.6) is 0 Å². The van der Waals surface area contributed by atoms with Crippen LogP contribution in [0, 0.1) is 0 Å². The van der Waals surface area contributed by atoms with E-state index in [-0.39, 0.29) is 5.75 Å². The van der Waals surface area contributed by atoms with Gasteiger partial charge in [0.25, 0.3) is 0 Å². The second-order valence-corrected chi connectivity index (χ2v) is 6.73. The Balaban J connectivity index is 1.74. The van der Waals surface area contributed by atoms with Crippen LogP contribution in [0.25, 0.3) is 0 Å². The molecule has 0 radical (unpaired) electrons. The molecule has 4 heteroatoms. The van der Waals surface area contributed by atoms with E-state index in [1.165, 1.54) is 5.56 Å². The van der Waals surface area contributed by atoms with Crippen LogP contribution in [-0.2, 0) is 16.3 Å². The molecule has 0 unspecified atom stereocenters. The van der Waals surface area contributed by atoms with E-state index in [0.29, 0.717) is 11.4 Å². The first kappa shape index (κ1) is 14.8. The van der Waals surface area contributed by atoms with E-state index in [1.807, 2.05) is 24.3 Å². The molecule has 0 fully saturated rings. The number of hydrogen-bond acceptors (Lipinski definition) is 3. The first-order valence-corrected chi connectivity index (χ1v) is 8.36. The highest BCUT2D eigenvalue weighted by molar-refractivity contribution is 7.91. The molecule has 106 valence electrons. The third-order valence-electron chi connectivity index (χ3n) is 3.08. The van der Waals surface area contributed by atoms with Gasteiger partial charge in [0.1, 0.15) is 0 Å². The Morgan fingerprint density at radius 2 is 1.40 bits per heavy atom. The van der Waals surface area contributed by atoms with E-state index in [1.54, 1.807) is 24.3 Å². The summed E-state index contributed by atoms with van der Waals surface area (Å²) in [6.07, 6.45) is 0.909. The van der Waals surface area contributed by atoms with Gasteiger partial charge < -0.3 is 5.32 Å². The monoisotopic (exact) mass is 289 g/mol. The van der Waals surface area contributed by atoms with Crippen LogP contribution in [0.15, 0.2) is 65.6 Å². The predicted molar refractivity (Wildman–Crippen MR) is 81.5 cm³/mol. The average Bonchev–Trinajstić information content (AvgIpc) is 2.49. The number of hydrogen-bond donors (Lipinski definition) is 1. The van der Waals surface area contributed by atoms with E-state index >= 15 is 0 Å². The van der Waals surface area contributed by atoms with Crippen LogP contribution >= 0.6 is 0 Å². The Morgan fingerprint density at radius 3 is 2.05 bits per heavy atom. The molecule has 0 spiro atoms. The van der Waals surface area contributed by atoms with Gasteiger partial charge in [0.05, 0.1) is 10.6 Å². The molecule has 0 heterocycles. The van der Waals surface area contributed by atoms with Crippen LogP contribution in [0.1, 0.15) is 5.56 Å². The van der Waals surface area contributed by atoms with Gasteiger partial charge in [-0.25, -0.2) is 8.42 Å². The first-order chi connectivity index (χ1) is 9.68. The maximum atomic E-state index is 12.0. The van der Waals surface area contributed by atoms with Crippen molar-refractivity contribution in [1.82, 2.24) is 5.32 Å². The lowest BCUT2D eigenvalue weighted by atomic mass is 10.1. The van der Waals surface area contributed by atoms with E-state index in [2.05, 4.69) is 17.4 Å². The van der Waals surface area contributed by atoms with Crippen LogP contribution in [0.2, 0.25) is 0 Å². The largest absolute Gasteiger partial charge is 0.315 e. The SMILES string of the molecule is O=S(=O)(CCNCCc1ccccc1)c1ccccc1. The van der Waals surface area contributed by atoms with Crippen molar-refractivity contribution in [3.05, 3.63) is 66.2 Å². The highest BCUT2D eigenvalue weighted by atomic mass is 32.2. The molecule has 0 aliphatic rings. The lowest BCUT2D eigenvalue weighted by Crippen LogP contribution is -2.25. The smallest absolute Gasteiger partial charge is 0.179 e. The van der Waals surface area contributed by atoms with Crippen molar-refractivity contribution < 1.29 is 8.42 Å². The van der Waals surface area contributed by atoms with Crippen LogP contribution in [-0.4, -0.2) is 27.3 Å². The zero-order chi connectivity index (χ0) is 14.3. The quantitative estimate of drug-likeness (QED) is 0.796. The molecule has 0 saturated heterocycles. The van der Waals surface area contributed by atoms with E-state index in [4.69, 9.17) is 0 Å². The van der Waals surface area contributed by atoms with Gasteiger partial charge in [-0.2, -0.15) is 0 Å². The molecule has 0 aliphatic carbocycles. The van der Waals surface area contributed by atoms with Crippen LogP contribution in [0.3, 0.4) is 0 Å². The molecule has 20 heavy (non-hydrogen) atoms. The highest BCUT2D eigenvalue weighted by Crippen LogP contribution is 2.09.